The summed E-state index contributed by atoms with van der Waals surface area (Å²) in [6.45, 7) is 5.73. The second-order valence-electron chi connectivity index (χ2n) is 5.50. The SMILES string of the molecule is N#Cc1cc(Br)cnc1N1CCC(N2CCOCC2)CC1. The zero-order chi connectivity index (χ0) is 14.7. The van der Waals surface area contributed by atoms with Crippen LogP contribution in [-0.2, 0) is 4.74 Å². The van der Waals surface area contributed by atoms with E-state index in [0.717, 1.165) is 62.5 Å². The number of nitrogens with zero attached hydrogens (tertiary/aromatic N) is 4. The summed E-state index contributed by atoms with van der Waals surface area (Å²) in [6.07, 6.45) is 4.02. The molecule has 1 aromatic rings. The highest BCUT2D eigenvalue weighted by Crippen LogP contribution is 2.25. The van der Waals surface area contributed by atoms with Crippen LogP contribution in [0.3, 0.4) is 0 Å². The summed E-state index contributed by atoms with van der Waals surface area (Å²) in [5.41, 5.74) is 0.647. The highest BCUT2D eigenvalue weighted by Gasteiger charge is 2.27. The van der Waals surface area contributed by atoms with Crippen LogP contribution >= 0.6 is 15.9 Å². The molecule has 0 bridgehead atoms. The number of hydrogen-bond acceptors (Lipinski definition) is 5. The molecule has 1 aromatic heterocycles. The minimum Gasteiger partial charge on any atom is -0.379 e. The molecule has 0 N–H and O–H groups in total. The van der Waals surface area contributed by atoms with Gasteiger partial charge in [-0.1, -0.05) is 0 Å². The first-order valence-electron chi connectivity index (χ1n) is 7.40. The largest absolute Gasteiger partial charge is 0.379 e. The van der Waals surface area contributed by atoms with E-state index in [1.54, 1.807) is 6.20 Å². The van der Waals surface area contributed by atoms with E-state index < -0.39 is 0 Å². The first kappa shape index (κ1) is 14.8. The van der Waals surface area contributed by atoms with E-state index in [0.29, 0.717) is 11.6 Å². The molecule has 0 unspecified atom stereocenters. The lowest BCUT2D eigenvalue weighted by Gasteiger charge is -2.40. The van der Waals surface area contributed by atoms with Gasteiger partial charge >= 0.3 is 0 Å². The molecular formula is C15H19BrN4O. The van der Waals surface area contributed by atoms with Crippen molar-refractivity contribution in [1.29, 1.82) is 5.26 Å². The molecule has 5 nitrogen and oxygen atoms in total. The zero-order valence-corrected chi connectivity index (χ0v) is 13.5. The van der Waals surface area contributed by atoms with Crippen LogP contribution in [-0.4, -0.2) is 55.3 Å². The van der Waals surface area contributed by atoms with E-state index in [1.165, 1.54) is 0 Å². The van der Waals surface area contributed by atoms with Crippen molar-refractivity contribution >= 4 is 21.7 Å². The summed E-state index contributed by atoms with van der Waals surface area (Å²) in [6, 6.07) is 4.74. The average Bonchev–Trinajstić information content (AvgIpc) is 2.56. The lowest BCUT2D eigenvalue weighted by molar-refractivity contribution is 0.0115. The Hall–Kier alpha value is -1.16. The van der Waals surface area contributed by atoms with Crippen LogP contribution in [0.15, 0.2) is 16.7 Å². The summed E-state index contributed by atoms with van der Waals surface area (Å²) in [5, 5.41) is 9.27. The highest BCUT2D eigenvalue weighted by molar-refractivity contribution is 9.10. The molecule has 3 rings (SSSR count). The number of anilines is 1. The fraction of sp³-hybridized carbons (Fsp3) is 0.600. The van der Waals surface area contributed by atoms with Crippen molar-refractivity contribution in [3.63, 3.8) is 0 Å². The van der Waals surface area contributed by atoms with Gasteiger partial charge in [0.15, 0.2) is 0 Å². The van der Waals surface area contributed by atoms with Crippen molar-refractivity contribution in [3.8, 4) is 6.07 Å². The van der Waals surface area contributed by atoms with Crippen molar-refractivity contribution < 1.29 is 4.74 Å². The van der Waals surface area contributed by atoms with Gasteiger partial charge in [-0.15, -0.1) is 0 Å². The maximum Gasteiger partial charge on any atom is 0.146 e. The predicted molar refractivity (Wildman–Crippen MR) is 84.3 cm³/mol. The van der Waals surface area contributed by atoms with Crippen molar-refractivity contribution in [2.45, 2.75) is 18.9 Å². The number of rotatable bonds is 2. The number of pyridine rings is 1. The summed E-state index contributed by atoms with van der Waals surface area (Å²) < 4.78 is 6.27. The molecule has 0 aromatic carbocycles. The third-order valence-electron chi connectivity index (χ3n) is 4.28. The van der Waals surface area contributed by atoms with E-state index in [9.17, 15) is 5.26 Å². The fourth-order valence-electron chi connectivity index (χ4n) is 3.15. The third kappa shape index (κ3) is 3.37. The topological polar surface area (TPSA) is 52.4 Å². The molecule has 0 amide bonds. The van der Waals surface area contributed by atoms with Crippen LogP contribution in [0.5, 0.6) is 0 Å². The summed E-state index contributed by atoms with van der Waals surface area (Å²) in [7, 11) is 0. The minimum absolute atomic E-state index is 0.645. The second kappa shape index (κ2) is 6.73. The Morgan fingerprint density at radius 3 is 2.62 bits per heavy atom. The number of halogens is 1. The number of ether oxygens (including phenoxy) is 1. The molecule has 0 aliphatic carbocycles. The minimum atomic E-state index is 0.645. The Labute approximate surface area is 133 Å². The Morgan fingerprint density at radius 1 is 1.24 bits per heavy atom. The lowest BCUT2D eigenvalue weighted by Crippen LogP contribution is -2.49. The Bertz CT molecular complexity index is 531. The molecule has 2 fully saturated rings. The van der Waals surface area contributed by atoms with Gasteiger partial charge in [-0.05, 0) is 34.8 Å². The van der Waals surface area contributed by atoms with E-state index in [-0.39, 0.29) is 0 Å². The van der Waals surface area contributed by atoms with Gasteiger partial charge < -0.3 is 9.64 Å². The van der Waals surface area contributed by atoms with Crippen LogP contribution in [0.4, 0.5) is 5.82 Å². The Morgan fingerprint density at radius 2 is 1.95 bits per heavy atom. The van der Waals surface area contributed by atoms with Gasteiger partial charge in [-0.2, -0.15) is 5.26 Å². The quantitative estimate of drug-likeness (QED) is 0.816. The highest BCUT2D eigenvalue weighted by atomic mass is 79.9. The first-order valence-corrected chi connectivity index (χ1v) is 8.19. The normalized spacial score (nSPS) is 21.2. The third-order valence-corrected chi connectivity index (χ3v) is 4.71. The van der Waals surface area contributed by atoms with Gasteiger partial charge in [0.2, 0.25) is 0 Å². The van der Waals surface area contributed by atoms with Gasteiger partial charge in [0, 0.05) is 42.9 Å². The van der Waals surface area contributed by atoms with Crippen LogP contribution in [0, 0.1) is 11.3 Å². The number of morpholine rings is 1. The number of nitriles is 1. The molecule has 2 aliphatic heterocycles. The van der Waals surface area contributed by atoms with Gasteiger partial charge in [-0.3, -0.25) is 4.90 Å². The van der Waals surface area contributed by atoms with E-state index in [1.807, 2.05) is 6.07 Å². The van der Waals surface area contributed by atoms with Gasteiger partial charge in [0.05, 0.1) is 18.8 Å². The maximum atomic E-state index is 9.27. The number of aromatic nitrogens is 1. The molecule has 6 heteroatoms. The van der Waals surface area contributed by atoms with Crippen LogP contribution in [0.2, 0.25) is 0 Å². The molecule has 21 heavy (non-hydrogen) atoms. The Kier molecular flexibility index (Phi) is 4.73. The molecular weight excluding hydrogens is 332 g/mol. The zero-order valence-electron chi connectivity index (χ0n) is 12.0. The molecule has 0 radical (unpaired) electrons. The van der Waals surface area contributed by atoms with Crippen LogP contribution in [0.1, 0.15) is 18.4 Å². The van der Waals surface area contributed by atoms with Crippen LogP contribution < -0.4 is 4.90 Å². The predicted octanol–water partition coefficient (Wildman–Crippen LogP) is 2.02. The summed E-state index contributed by atoms with van der Waals surface area (Å²) in [4.78, 5) is 9.21. The molecule has 112 valence electrons. The smallest absolute Gasteiger partial charge is 0.146 e. The first-order chi connectivity index (χ1) is 10.3. The average molecular weight is 351 g/mol. The van der Waals surface area contributed by atoms with E-state index in [2.05, 4.69) is 36.8 Å². The maximum absolute atomic E-state index is 9.27. The number of piperidine rings is 1. The lowest BCUT2D eigenvalue weighted by atomic mass is 10.0. The van der Waals surface area contributed by atoms with Crippen molar-refractivity contribution in [3.05, 3.63) is 22.3 Å². The number of hydrogen-bond donors (Lipinski definition) is 0. The monoisotopic (exact) mass is 350 g/mol. The molecule has 0 atom stereocenters. The van der Waals surface area contributed by atoms with Crippen LogP contribution in [0.25, 0.3) is 0 Å². The standard InChI is InChI=1S/C15H19BrN4O/c16-13-9-12(10-17)15(18-11-13)20-3-1-14(2-4-20)19-5-7-21-8-6-19/h9,11,14H,1-8H2. The Balaban J connectivity index is 1.64. The van der Waals surface area contributed by atoms with Gasteiger partial charge in [0.1, 0.15) is 11.9 Å². The molecule has 2 saturated heterocycles. The fourth-order valence-corrected chi connectivity index (χ4v) is 3.48. The van der Waals surface area contributed by atoms with E-state index in [4.69, 9.17) is 4.74 Å². The molecule has 3 heterocycles. The molecule has 2 aliphatic rings. The summed E-state index contributed by atoms with van der Waals surface area (Å²) >= 11 is 3.37. The summed E-state index contributed by atoms with van der Waals surface area (Å²) in [5.74, 6) is 0.820. The molecule has 0 spiro atoms. The van der Waals surface area contributed by atoms with Crippen molar-refractivity contribution in [1.82, 2.24) is 9.88 Å². The molecule has 0 saturated carbocycles. The van der Waals surface area contributed by atoms with Crippen molar-refractivity contribution in [2.24, 2.45) is 0 Å². The van der Waals surface area contributed by atoms with Gasteiger partial charge in [-0.25, -0.2) is 4.98 Å². The second-order valence-corrected chi connectivity index (χ2v) is 6.42. The van der Waals surface area contributed by atoms with Crippen molar-refractivity contribution in [2.75, 3.05) is 44.3 Å². The van der Waals surface area contributed by atoms with Gasteiger partial charge in [0.25, 0.3) is 0 Å². The van der Waals surface area contributed by atoms with E-state index >= 15 is 0 Å².